The number of nitrogens with one attached hydrogen (secondary N) is 2. The van der Waals surface area contributed by atoms with Gasteiger partial charge in [-0.15, -0.1) is 0 Å². The van der Waals surface area contributed by atoms with E-state index in [9.17, 15) is 14.4 Å². The van der Waals surface area contributed by atoms with Crippen molar-refractivity contribution in [2.75, 3.05) is 47.1 Å². The van der Waals surface area contributed by atoms with E-state index in [0.717, 1.165) is 39.0 Å². The molecule has 7 rings (SSSR count). The van der Waals surface area contributed by atoms with Crippen molar-refractivity contribution in [2.45, 2.75) is 38.3 Å². The Bertz CT molecular complexity index is 1810. The quantitative estimate of drug-likeness (QED) is 0.295. The molecule has 0 radical (unpaired) electrons. The minimum atomic E-state index is -0.906. The van der Waals surface area contributed by atoms with Crippen molar-refractivity contribution in [1.29, 1.82) is 0 Å². The number of benzene rings is 2. The highest BCUT2D eigenvalue weighted by molar-refractivity contribution is 5.94. The monoisotopic (exact) mass is 640 g/mol. The van der Waals surface area contributed by atoms with E-state index < -0.39 is 17.4 Å². The van der Waals surface area contributed by atoms with Gasteiger partial charge in [0, 0.05) is 60.7 Å². The Morgan fingerprint density at radius 2 is 1.85 bits per heavy atom. The molecular weight excluding hydrogens is 600 g/mol. The van der Waals surface area contributed by atoms with E-state index in [0.29, 0.717) is 50.8 Å². The van der Waals surface area contributed by atoms with Crippen molar-refractivity contribution in [1.82, 2.24) is 20.1 Å². The molecule has 3 atom stereocenters. The topological polar surface area (TPSA) is 126 Å². The average Bonchev–Trinajstić information content (AvgIpc) is 3.77. The molecule has 2 fully saturated rings. The SMILES string of the molecule is COc1ccc(CNC(=O)C[C@H]2C[C@H](C(=O)N3CCOCC3)[C@@]3(C)c4[nH]c5cc(-c6ccco6)ccc5c4CCN3C2=O)cc1OC. The second-order valence-electron chi connectivity index (χ2n) is 12.7. The molecule has 2 aromatic heterocycles. The van der Waals surface area contributed by atoms with Crippen LogP contribution in [0.1, 0.15) is 36.6 Å². The summed E-state index contributed by atoms with van der Waals surface area (Å²) < 4.78 is 21.9. The maximum atomic E-state index is 14.4. The summed E-state index contributed by atoms with van der Waals surface area (Å²) in [6.45, 7) is 4.72. The summed E-state index contributed by atoms with van der Waals surface area (Å²) in [4.78, 5) is 49.3. The maximum absolute atomic E-state index is 14.4. The zero-order valence-corrected chi connectivity index (χ0v) is 27.0. The lowest BCUT2D eigenvalue weighted by atomic mass is 9.67. The standard InChI is InChI=1S/C36H40N4O7/c1-36-27(35(43)39-12-15-46-16-13-39)18-24(20-32(41)37-21-22-6-9-30(44-2)31(17-22)45-3)34(42)40(36)11-10-26-25-8-7-23(29-5-4-14-47-29)19-28(25)38-33(26)36/h4-9,14,17,19,24,27,38H,10-13,15-16,18,20-21H2,1-3H3,(H,37,41)/t24-,27-,36+/m1/s1. The van der Waals surface area contributed by atoms with Crippen LogP contribution >= 0.6 is 0 Å². The molecule has 2 N–H and O–H groups in total. The molecule has 0 saturated carbocycles. The minimum Gasteiger partial charge on any atom is -0.493 e. The van der Waals surface area contributed by atoms with Gasteiger partial charge in [0.2, 0.25) is 17.7 Å². The summed E-state index contributed by atoms with van der Waals surface area (Å²) >= 11 is 0. The summed E-state index contributed by atoms with van der Waals surface area (Å²) in [5.41, 5.74) is 3.85. The number of fused-ring (bicyclic) bond motifs is 5. The number of ether oxygens (including phenoxy) is 3. The van der Waals surface area contributed by atoms with Crippen molar-refractivity contribution in [3.05, 3.63) is 71.6 Å². The fraction of sp³-hybridized carbons (Fsp3) is 0.417. The van der Waals surface area contributed by atoms with Crippen LogP contribution < -0.4 is 14.8 Å². The molecule has 47 heavy (non-hydrogen) atoms. The fourth-order valence-electron chi connectivity index (χ4n) is 7.67. The summed E-state index contributed by atoms with van der Waals surface area (Å²) in [7, 11) is 3.14. The summed E-state index contributed by atoms with van der Waals surface area (Å²) in [5, 5.41) is 4.04. The first kappa shape index (κ1) is 30.9. The lowest BCUT2D eigenvalue weighted by molar-refractivity contribution is -0.166. The van der Waals surface area contributed by atoms with Gasteiger partial charge in [0.15, 0.2) is 11.5 Å². The highest BCUT2D eigenvalue weighted by Gasteiger charge is 2.57. The maximum Gasteiger partial charge on any atom is 0.228 e. The third kappa shape index (κ3) is 5.42. The Hall–Kier alpha value is -4.77. The number of rotatable bonds is 8. The van der Waals surface area contributed by atoms with Gasteiger partial charge < -0.3 is 38.7 Å². The van der Waals surface area contributed by atoms with Crippen molar-refractivity contribution >= 4 is 28.6 Å². The van der Waals surface area contributed by atoms with Crippen LogP contribution in [0.4, 0.5) is 0 Å². The third-order valence-corrected chi connectivity index (χ3v) is 10.2. The van der Waals surface area contributed by atoms with Gasteiger partial charge in [-0.1, -0.05) is 18.2 Å². The van der Waals surface area contributed by atoms with E-state index >= 15 is 0 Å². The second kappa shape index (κ2) is 12.4. The van der Waals surface area contributed by atoms with E-state index in [2.05, 4.69) is 22.4 Å². The van der Waals surface area contributed by atoms with Gasteiger partial charge in [-0.05, 0) is 61.2 Å². The number of hydrogen-bond donors (Lipinski definition) is 2. The predicted octanol–water partition coefficient (Wildman–Crippen LogP) is 4.25. The van der Waals surface area contributed by atoms with Gasteiger partial charge >= 0.3 is 0 Å². The van der Waals surface area contributed by atoms with Crippen molar-refractivity contribution in [3.63, 3.8) is 0 Å². The highest BCUT2D eigenvalue weighted by Crippen LogP contribution is 2.50. The number of hydrogen-bond acceptors (Lipinski definition) is 7. The van der Waals surface area contributed by atoms with Crippen LogP contribution in [0, 0.1) is 11.8 Å². The van der Waals surface area contributed by atoms with Gasteiger partial charge in [0.05, 0.1) is 45.2 Å². The molecule has 11 heteroatoms. The van der Waals surface area contributed by atoms with Crippen LogP contribution in [0.3, 0.4) is 0 Å². The molecule has 3 aliphatic heterocycles. The molecule has 2 saturated heterocycles. The first-order chi connectivity index (χ1) is 22.8. The van der Waals surface area contributed by atoms with Crippen LogP contribution in [0.25, 0.3) is 22.2 Å². The Kier molecular flexibility index (Phi) is 8.17. The zero-order valence-electron chi connectivity index (χ0n) is 27.0. The molecule has 0 spiro atoms. The van der Waals surface area contributed by atoms with Crippen LogP contribution in [0.2, 0.25) is 0 Å². The normalized spacial score (nSPS) is 22.5. The summed E-state index contributed by atoms with van der Waals surface area (Å²) in [5.74, 6) is 0.433. The number of amides is 3. The Morgan fingerprint density at radius 3 is 2.60 bits per heavy atom. The van der Waals surface area contributed by atoms with E-state index in [-0.39, 0.29) is 37.1 Å². The molecular formula is C36H40N4O7. The number of aromatic amines is 1. The van der Waals surface area contributed by atoms with Gasteiger partial charge in [0.1, 0.15) is 5.76 Å². The fourth-order valence-corrected chi connectivity index (χ4v) is 7.67. The number of nitrogens with zero attached hydrogens (tertiary/aromatic N) is 2. The predicted molar refractivity (Wildman–Crippen MR) is 174 cm³/mol. The molecule has 11 nitrogen and oxygen atoms in total. The number of piperidine rings is 1. The number of morpholine rings is 1. The molecule has 246 valence electrons. The largest absolute Gasteiger partial charge is 0.493 e. The molecule has 0 unspecified atom stereocenters. The minimum absolute atomic E-state index is 0.00232. The average molecular weight is 641 g/mol. The Morgan fingerprint density at radius 1 is 1.04 bits per heavy atom. The van der Waals surface area contributed by atoms with Crippen LogP contribution in [0.5, 0.6) is 11.5 Å². The lowest BCUT2D eigenvalue weighted by Crippen LogP contribution is -2.65. The molecule has 4 aromatic rings. The molecule has 5 heterocycles. The Labute approximate surface area is 273 Å². The van der Waals surface area contributed by atoms with Crippen molar-refractivity contribution in [2.24, 2.45) is 11.8 Å². The van der Waals surface area contributed by atoms with Crippen molar-refractivity contribution in [3.8, 4) is 22.8 Å². The summed E-state index contributed by atoms with van der Waals surface area (Å²) in [6, 6.07) is 15.5. The zero-order chi connectivity index (χ0) is 32.7. The van der Waals surface area contributed by atoms with Gasteiger partial charge in [-0.25, -0.2) is 0 Å². The smallest absolute Gasteiger partial charge is 0.228 e. The number of furan rings is 1. The van der Waals surface area contributed by atoms with Crippen molar-refractivity contribution < 1.29 is 33.0 Å². The van der Waals surface area contributed by atoms with Crippen LogP contribution in [0.15, 0.2) is 59.2 Å². The third-order valence-electron chi connectivity index (χ3n) is 10.2. The number of carbonyl (C=O) groups is 3. The second-order valence-corrected chi connectivity index (χ2v) is 12.7. The number of methoxy groups -OCH3 is 2. The van der Waals surface area contributed by atoms with Crippen LogP contribution in [-0.4, -0.2) is 79.6 Å². The van der Waals surface area contributed by atoms with E-state index in [1.54, 1.807) is 26.5 Å². The number of aromatic nitrogens is 1. The van der Waals surface area contributed by atoms with E-state index in [4.69, 9.17) is 18.6 Å². The molecule has 3 aliphatic rings. The summed E-state index contributed by atoms with van der Waals surface area (Å²) in [6.07, 6.45) is 2.57. The highest BCUT2D eigenvalue weighted by atomic mass is 16.5. The van der Waals surface area contributed by atoms with Gasteiger partial charge in [-0.2, -0.15) is 0 Å². The Balaban J connectivity index is 1.18. The lowest BCUT2D eigenvalue weighted by Gasteiger charge is -2.54. The number of H-pyrrole nitrogens is 1. The first-order valence-electron chi connectivity index (χ1n) is 16.2. The van der Waals surface area contributed by atoms with Crippen LogP contribution in [-0.2, 0) is 37.6 Å². The molecule has 2 aromatic carbocycles. The molecule has 0 aliphatic carbocycles. The number of carbonyl (C=O) groups excluding carboxylic acids is 3. The molecule has 3 amide bonds. The van der Waals surface area contributed by atoms with E-state index in [1.165, 1.54) is 0 Å². The molecule has 0 bridgehead atoms. The van der Waals surface area contributed by atoms with E-state index in [1.807, 2.05) is 47.1 Å². The van der Waals surface area contributed by atoms with Gasteiger partial charge in [-0.3, -0.25) is 14.4 Å². The first-order valence-corrected chi connectivity index (χ1v) is 16.2. The van der Waals surface area contributed by atoms with Gasteiger partial charge in [0.25, 0.3) is 0 Å².